The van der Waals surface area contributed by atoms with Crippen LogP contribution in [0.5, 0.6) is 0 Å². The molecule has 0 aromatic carbocycles. The molecule has 22 heavy (non-hydrogen) atoms. The second-order valence-electron chi connectivity index (χ2n) is 5.91. The summed E-state index contributed by atoms with van der Waals surface area (Å²) in [6.45, 7) is 3.73. The van der Waals surface area contributed by atoms with Gasteiger partial charge in [0.15, 0.2) is 0 Å². The molecule has 0 rings (SSSR count). The quantitative estimate of drug-likeness (QED) is 0.379. The first-order valence-electron chi connectivity index (χ1n) is 8.60. The Morgan fingerprint density at radius 1 is 0.864 bits per heavy atom. The van der Waals surface area contributed by atoms with Gasteiger partial charge in [0.2, 0.25) is 5.91 Å². The van der Waals surface area contributed by atoms with Gasteiger partial charge < -0.3 is 10.4 Å². The normalized spacial score (nSPS) is 11.5. The number of carbonyl (C=O) groups is 2. The molecular formula is C17H34NNaO3. The molecule has 126 valence electrons. The Balaban J connectivity index is 0. The summed E-state index contributed by atoms with van der Waals surface area (Å²) in [4.78, 5) is 22.0. The number of carboxylic acids is 1. The second-order valence-corrected chi connectivity index (χ2v) is 5.91. The van der Waals surface area contributed by atoms with Crippen molar-refractivity contribution >= 4 is 41.4 Å². The Morgan fingerprint density at radius 3 is 1.68 bits per heavy atom. The first-order chi connectivity index (χ1) is 10.1. The van der Waals surface area contributed by atoms with Gasteiger partial charge in [0.1, 0.15) is 6.04 Å². The van der Waals surface area contributed by atoms with Crippen LogP contribution in [0.3, 0.4) is 0 Å². The molecule has 0 heterocycles. The van der Waals surface area contributed by atoms with Crippen molar-refractivity contribution in [1.29, 1.82) is 0 Å². The van der Waals surface area contributed by atoms with Crippen molar-refractivity contribution in [3.05, 3.63) is 0 Å². The van der Waals surface area contributed by atoms with Crippen molar-refractivity contribution in [2.24, 2.45) is 0 Å². The molecule has 5 heteroatoms. The van der Waals surface area contributed by atoms with E-state index in [1.54, 1.807) is 0 Å². The van der Waals surface area contributed by atoms with Gasteiger partial charge in [-0.25, -0.2) is 0 Å². The van der Waals surface area contributed by atoms with Gasteiger partial charge in [0.05, 0.1) is 0 Å². The molecule has 1 atom stereocenters. The monoisotopic (exact) mass is 323 g/mol. The zero-order valence-corrected chi connectivity index (χ0v) is 13.8. The molecule has 0 aliphatic carbocycles. The Kier molecular flexibility index (Phi) is 19.0. The fraction of sp³-hybridized carbons (Fsp3) is 0.882. The van der Waals surface area contributed by atoms with Gasteiger partial charge in [-0.1, -0.05) is 71.1 Å². The van der Waals surface area contributed by atoms with E-state index in [9.17, 15) is 9.59 Å². The number of carbonyl (C=O) groups excluding carboxylic acids is 1. The molecule has 0 unspecified atom stereocenters. The van der Waals surface area contributed by atoms with Crippen LogP contribution in [0, 0.1) is 0 Å². The molecule has 4 nitrogen and oxygen atoms in total. The molecular weight excluding hydrogens is 289 g/mol. The first-order valence-corrected chi connectivity index (χ1v) is 8.60. The van der Waals surface area contributed by atoms with E-state index in [1.807, 2.05) is 0 Å². The van der Waals surface area contributed by atoms with Crippen LogP contribution in [0.2, 0.25) is 0 Å². The minimum atomic E-state index is -0.984. The van der Waals surface area contributed by atoms with E-state index < -0.39 is 12.0 Å². The van der Waals surface area contributed by atoms with Crippen LogP contribution >= 0.6 is 0 Å². The SMILES string of the molecule is CCCCCCCCCCCCCC(=O)N[C@H](C)C(=O)O.[NaH]. The van der Waals surface area contributed by atoms with Crippen molar-refractivity contribution in [2.45, 2.75) is 96.9 Å². The van der Waals surface area contributed by atoms with E-state index in [4.69, 9.17) is 5.11 Å². The summed E-state index contributed by atoms with van der Waals surface area (Å²) in [5.74, 6) is -1.14. The third-order valence-electron chi connectivity index (χ3n) is 3.76. The zero-order valence-electron chi connectivity index (χ0n) is 13.8. The summed E-state index contributed by atoms with van der Waals surface area (Å²) in [7, 11) is 0. The van der Waals surface area contributed by atoms with Crippen molar-refractivity contribution in [3.8, 4) is 0 Å². The van der Waals surface area contributed by atoms with Gasteiger partial charge in [-0.2, -0.15) is 0 Å². The number of aliphatic carboxylic acids is 1. The molecule has 0 aliphatic heterocycles. The Morgan fingerprint density at radius 2 is 1.27 bits per heavy atom. The maximum absolute atomic E-state index is 11.4. The summed E-state index contributed by atoms with van der Waals surface area (Å²) in [5.41, 5.74) is 0. The fourth-order valence-corrected chi connectivity index (χ4v) is 2.33. The predicted molar refractivity (Wildman–Crippen MR) is 93.5 cm³/mol. The average Bonchev–Trinajstić information content (AvgIpc) is 2.44. The van der Waals surface area contributed by atoms with E-state index in [1.165, 1.54) is 64.7 Å². The van der Waals surface area contributed by atoms with Crippen LogP contribution in [0.4, 0.5) is 0 Å². The first kappa shape index (κ1) is 24.2. The fourth-order valence-electron chi connectivity index (χ4n) is 2.33. The van der Waals surface area contributed by atoms with E-state index >= 15 is 0 Å². The topological polar surface area (TPSA) is 66.4 Å². The molecule has 1 amide bonds. The Hall–Kier alpha value is -0.0600. The number of carboxylic acid groups (broad SMARTS) is 1. The number of nitrogens with one attached hydrogen (secondary N) is 1. The van der Waals surface area contributed by atoms with Gasteiger partial charge in [0.25, 0.3) is 0 Å². The van der Waals surface area contributed by atoms with Gasteiger partial charge in [0, 0.05) is 6.42 Å². The average molecular weight is 323 g/mol. The van der Waals surface area contributed by atoms with Gasteiger partial charge in [-0.15, -0.1) is 0 Å². The standard InChI is InChI=1S/C17H33NO3.Na.H/c1-3-4-5-6-7-8-9-10-11-12-13-14-16(19)18-15(2)17(20)21;;/h15H,3-14H2,1-2H3,(H,18,19)(H,20,21);;/t15-;;/m1../s1. The predicted octanol–water partition coefficient (Wildman–Crippen LogP) is 3.63. The van der Waals surface area contributed by atoms with Crippen LogP contribution < -0.4 is 5.32 Å². The summed E-state index contributed by atoms with van der Waals surface area (Å²) in [6.07, 6.45) is 14.2. The van der Waals surface area contributed by atoms with Gasteiger partial charge in [-0.3, -0.25) is 9.59 Å². The van der Waals surface area contributed by atoms with E-state index in [-0.39, 0.29) is 35.5 Å². The third-order valence-corrected chi connectivity index (χ3v) is 3.76. The van der Waals surface area contributed by atoms with Gasteiger partial charge >= 0.3 is 35.5 Å². The number of amides is 1. The van der Waals surface area contributed by atoms with E-state index in [2.05, 4.69) is 12.2 Å². The molecule has 0 bridgehead atoms. The third kappa shape index (κ3) is 16.3. The van der Waals surface area contributed by atoms with Crippen molar-refractivity contribution in [3.63, 3.8) is 0 Å². The van der Waals surface area contributed by atoms with Crippen LogP contribution in [0.25, 0.3) is 0 Å². The Labute approximate surface area is 158 Å². The number of hydrogen-bond donors (Lipinski definition) is 2. The molecule has 0 aromatic heterocycles. The van der Waals surface area contributed by atoms with Crippen LogP contribution in [-0.4, -0.2) is 52.6 Å². The van der Waals surface area contributed by atoms with Crippen LogP contribution in [0.1, 0.15) is 90.9 Å². The number of rotatable bonds is 14. The molecule has 0 saturated heterocycles. The van der Waals surface area contributed by atoms with E-state index in [0.29, 0.717) is 6.42 Å². The maximum atomic E-state index is 11.4. The molecule has 2 N–H and O–H groups in total. The van der Waals surface area contributed by atoms with Crippen molar-refractivity contribution in [2.75, 3.05) is 0 Å². The summed E-state index contributed by atoms with van der Waals surface area (Å²) in [6, 6.07) is -0.787. The Bertz CT molecular complexity index is 285. The number of hydrogen-bond acceptors (Lipinski definition) is 2. The molecule has 0 saturated carbocycles. The van der Waals surface area contributed by atoms with Crippen molar-refractivity contribution in [1.82, 2.24) is 5.32 Å². The van der Waals surface area contributed by atoms with E-state index in [0.717, 1.165) is 12.8 Å². The number of unbranched alkanes of at least 4 members (excludes halogenated alkanes) is 10. The summed E-state index contributed by atoms with van der Waals surface area (Å²) in [5, 5.41) is 11.2. The van der Waals surface area contributed by atoms with Crippen molar-refractivity contribution < 1.29 is 14.7 Å². The molecule has 0 aromatic rings. The summed E-state index contributed by atoms with van der Waals surface area (Å²) >= 11 is 0. The minimum absolute atomic E-state index is 0. The van der Waals surface area contributed by atoms with Crippen LogP contribution in [-0.2, 0) is 9.59 Å². The van der Waals surface area contributed by atoms with Crippen LogP contribution in [0.15, 0.2) is 0 Å². The molecule has 0 radical (unpaired) electrons. The summed E-state index contributed by atoms with van der Waals surface area (Å²) < 4.78 is 0. The van der Waals surface area contributed by atoms with Gasteiger partial charge in [-0.05, 0) is 13.3 Å². The second kappa shape index (κ2) is 17.3. The molecule has 0 spiro atoms. The molecule has 0 aliphatic rings. The zero-order chi connectivity index (χ0) is 15.9. The molecule has 0 fully saturated rings.